The Balaban J connectivity index is 1.69. The summed E-state index contributed by atoms with van der Waals surface area (Å²) < 4.78 is 4.35. The minimum Gasteiger partial charge on any atom is -0.508 e. The fraction of sp³-hybridized carbons (Fsp3) is 0.440. The Morgan fingerprint density at radius 3 is 2.66 bits per heavy atom. The number of phenolic OH excluding ortho intramolecular Hbond substituents is 1. The molecule has 0 saturated carbocycles. The van der Waals surface area contributed by atoms with Crippen molar-refractivity contribution in [1.29, 1.82) is 0 Å². The number of phenols is 1. The minimum atomic E-state index is -0.589. The molecule has 32 heavy (non-hydrogen) atoms. The summed E-state index contributed by atoms with van der Waals surface area (Å²) >= 11 is 3.49. The number of likely N-dealkylation sites (tertiary alicyclic amines) is 1. The molecule has 7 heteroatoms. The molecule has 1 saturated heterocycles. The van der Waals surface area contributed by atoms with Crippen molar-refractivity contribution in [3.63, 3.8) is 0 Å². The second-order valence-corrected chi connectivity index (χ2v) is 9.13. The molecule has 0 aliphatic carbocycles. The van der Waals surface area contributed by atoms with Gasteiger partial charge in [-0.1, -0.05) is 56.3 Å². The van der Waals surface area contributed by atoms with Gasteiger partial charge in [0.1, 0.15) is 12.3 Å². The molecular formula is C25H32N2O4S. The first-order valence-electron chi connectivity index (χ1n) is 11.0. The molecule has 3 rings (SSSR count). The molecule has 2 aromatic rings. The van der Waals surface area contributed by atoms with Gasteiger partial charge in [0.2, 0.25) is 5.91 Å². The second kappa shape index (κ2) is 10.9. The van der Waals surface area contributed by atoms with Gasteiger partial charge in [-0.15, -0.1) is 0 Å². The number of nitrogens with zero attached hydrogens (tertiary/aromatic N) is 1. The van der Waals surface area contributed by atoms with E-state index in [9.17, 15) is 14.7 Å². The van der Waals surface area contributed by atoms with Crippen LogP contribution in [0.5, 0.6) is 5.75 Å². The van der Waals surface area contributed by atoms with Gasteiger partial charge in [0.15, 0.2) is 0 Å². The van der Waals surface area contributed by atoms with Gasteiger partial charge >= 0.3 is 5.97 Å². The predicted octanol–water partition coefficient (Wildman–Crippen LogP) is 3.35. The lowest BCUT2D eigenvalue weighted by atomic mass is 9.68. The summed E-state index contributed by atoms with van der Waals surface area (Å²) in [6, 6.07) is 17.4. The second-order valence-electron chi connectivity index (χ2n) is 8.95. The van der Waals surface area contributed by atoms with Gasteiger partial charge in [0.25, 0.3) is 0 Å². The number of hydrogen-bond acceptors (Lipinski definition) is 6. The summed E-state index contributed by atoms with van der Waals surface area (Å²) in [5, 5.41) is 12.6. The average molecular weight is 457 g/mol. The van der Waals surface area contributed by atoms with E-state index in [0.717, 1.165) is 30.6 Å². The van der Waals surface area contributed by atoms with Gasteiger partial charge in [-0.05, 0) is 54.0 Å². The van der Waals surface area contributed by atoms with Crippen LogP contribution in [0.4, 0.5) is 0 Å². The number of nitrogens with one attached hydrogen (secondary N) is 1. The molecule has 2 aromatic carbocycles. The first-order valence-corrected chi connectivity index (χ1v) is 11.4. The number of carbonyl (C=O) groups excluding carboxylic acids is 2. The highest BCUT2D eigenvalue weighted by molar-refractivity contribution is 7.75. The number of amides is 1. The van der Waals surface area contributed by atoms with E-state index in [-0.39, 0.29) is 29.5 Å². The summed E-state index contributed by atoms with van der Waals surface area (Å²) in [5.41, 5.74) is 2.19. The van der Waals surface area contributed by atoms with Crippen molar-refractivity contribution in [2.24, 2.45) is 11.8 Å². The van der Waals surface area contributed by atoms with Crippen LogP contribution < -0.4 is 5.32 Å². The number of benzene rings is 2. The summed E-state index contributed by atoms with van der Waals surface area (Å²) in [6.45, 7) is 6.60. The van der Waals surface area contributed by atoms with Crippen LogP contribution in [0.1, 0.15) is 31.4 Å². The van der Waals surface area contributed by atoms with Crippen molar-refractivity contribution in [2.45, 2.75) is 32.1 Å². The van der Waals surface area contributed by atoms with Crippen molar-refractivity contribution in [1.82, 2.24) is 10.2 Å². The number of hydrogen-bond donors (Lipinski definition) is 3. The van der Waals surface area contributed by atoms with Crippen molar-refractivity contribution in [3.05, 3.63) is 65.7 Å². The molecule has 1 fully saturated rings. The molecule has 1 heterocycles. The van der Waals surface area contributed by atoms with Crippen LogP contribution in [0, 0.1) is 11.8 Å². The molecule has 1 unspecified atom stereocenters. The molecule has 1 aliphatic heterocycles. The summed E-state index contributed by atoms with van der Waals surface area (Å²) in [7, 11) is 0. The van der Waals surface area contributed by atoms with E-state index in [0.29, 0.717) is 18.9 Å². The number of rotatable bonds is 8. The zero-order valence-corrected chi connectivity index (χ0v) is 19.6. The number of piperidine rings is 1. The Morgan fingerprint density at radius 1 is 1.25 bits per heavy atom. The molecule has 1 aliphatic rings. The van der Waals surface area contributed by atoms with E-state index in [1.807, 2.05) is 42.5 Å². The molecule has 0 aromatic heterocycles. The fourth-order valence-electron chi connectivity index (χ4n) is 4.56. The maximum atomic E-state index is 12.9. The van der Waals surface area contributed by atoms with Crippen LogP contribution >= 0.6 is 12.9 Å². The third kappa shape index (κ3) is 6.04. The first-order chi connectivity index (χ1) is 15.3. The Bertz CT molecular complexity index is 923. The Labute approximate surface area is 195 Å². The van der Waals surface area contributed by atoms with Crippen molar-refractivity contribution in [2.75, 3.05) is 26.2 Å². The molecule has 172 valence electrons. The summed E-state index contributed by atoms with van der Waals surface area (Å²) in [6.07, 6.45) is 1.53. The fourth-order valence-corrected chi connectivity index (χ4v) is 4.62. The molecule has 6 nitrogen and oxygen atoms in total. The lowest BCUT2D eigenvalue weighted by Crippen LogP contribution is -2.50. The Morgan fingerprint density at radius 2 is 2.00 bits per heavy atom. The standard InChI is InChI=1S/C25H32N2O4S/c1-18-16-27(12-11-25(18,2)21-9-6-10-22(28)14-21)17-20(13-19-7-4-3-5-8-19)24(30)26-15-23(29)31-32/h3-10,14,18,20,28,32H,11-13,15-17H2,1-2H3,(H,26,30)/t18-,20?,25+/m0/s1. The first kappa shape index (κ1) is 24.1. The van der Waals surface area contributed by atoms with Crippen LogP contribution in [0.2, 0.25) is 0 Å². The molecule has 1 amide bonds. The van der Waals surface area contributed by atoms with E-state index in [4.69, 9.17) is 0 Å². The van der Waals surface area contributed by atoms with Crippen molar-refractivity contribution >= 4 is 24.8 Å². The van der Waals surface area contributed by atoms with E-state index in [2.05, 4.69) is 47.2 Å². The van der Waals surface area contributed by atoms with Gasteiger partial charge in [0, 0.05) is 26.0 Å². The van der Waals surface area contributed by atoms with Crippen LogP contribution in [0.25, 0.3) is 0 Å². The predicted molar refractivity (Wildman–Crippen MR) is 127 cm³/mol. The molecule has 2 N–H and O–H groups in total. The highest BCUT2D eigenvalue weighted by Gasteiger charge is 2.39. The van der Waals surface area contributed by atoms with Gasteiger partial charge in [0.05, 0.1) is 5.92 Å². The largest absolute Gasteiger partial charge is 0.508 e. The van der Waals surface area contributed by atoms with E-state index in [1.165, 1.54) is 0 Å². The third-order valence-electron chi connectivity index (χ3n) is 6.76. The topological polar surface area (TPSA) is 78.9 Å². The van der Waals surface area contributed by atoms with Crippen LogP contribution in [0.3, 0.4) is 0 Å². The molecular weight excluding hydrogens is 424 g/mol. The minimum absolute atomic E-state index is 0.0389. The smallest absolute Gasteiger partial charge is 0.337 e. The zero-order valence-electron chi connectivity index (χ0n) is 18.7. The van der Waals surface area contributed by atoms with Gasteiger partial charge in [-0.25, -0.2) is 4.79 Å². The lowest BCUT2D eigenvalue weighted by molar-refractivity contribution is -0.135. The van der Waals surface area contributed by atoms with E-state index < -0.39 is 5.97 Å². The van der Waals surface area contributed by atoms with Gasteiger partial charge < -0.3 is 19.5 Å². The highest BCUT2D eigenvalue weighted by Crippen LogP contribution is 2.40. The van der Waals surface area contributed by atoms with Gasteiger partial charge in [-0.2, -0.15) is 0 Å². The summed E-state index contributed by atoms with van der Waals surface area (Å²) in [5.74, 6) is -0.409. The van der Waals surface area contributed by atoms with Crippen molar-refractivity contribution < 1.29 is 18.9 Å². The zero-order chi connectivity index (χ0) is 23.1. The number of aromatic hydroxyl groups is 1. The molecule has 0 bridgehead atoms. The normalized spacial score (nSPS) is 22.2. The molecule has 3 atom stereocenters. The van der Waals surface area contributed by atoms with E-state index >= 15 is 0 Å². The van der Waals surface area contributed by atoms with Crippen molar-refractivity contribution in [3.8, 4) is 5.75 Å². The monoisotopic (exact) mass is 456 g/mol. The lowest BCUT2D eigenvalue weighted by Gasteiger charge is -2.45. The third-order valence-corrected chi connectivity index (χ3v) is 6.96. The van der Waals surface area contributed by atoms with E-state index in [1.54, 1.807) is 6.07 Å². The summed E-state index contributed by atoms with van der Waals surface area (Å²) in [4.78, 5) is 26.7. The van der Waals surface area contributed by atoms with Crippen LogP contribution in [0.15, 0.2) is 54.6 Å². The van der Waals surface area contributed by atoms with Crippen LogP contribution in [-0.4, -0.2) is 48.1 Å². The van der Waals surface area contributed by atoms with Gasteiger partial charge in [-0.3, -0.25) is 4.79 Å². The molecule has 0 spiro atoms. The Kier molecular flexibility index (Phi) is 8.21. The van der Waals surface area contributed by atoms with Crippen LogP contribution in [-0.2, 0) is 25.6 Å². The number of thiol groups is 1. The quantitative estimate of drug-likeness (QED) is 0.419. The maximum absolute atomic E-state index is 12.9. The maximum Gasteiger partial charge on any atom is 0.337 e. The average Bonchev–Trinajstić information content (AvgIpc) is 2.80. The highest BCUT2D eigenvalue weighted by atomic mass is 32.1. The number of carbonyl (C=O) groups is 2. The molecule has 0 radical (unpaired) electrons. The Hall–Kier alpha value is -2.51. The SMILES string of the molecule is C[C@H]1CN(CC(Cc2ccccc2)C(=O)NCC(=O)OS)CC[C@@]1(C)c1cccc(O)c1.